The molecular formula is C16H16Cl2N2O4. The molecule has 128 valence electrons. The van der Waals surface area contributed by atoms with E-state index in [-0.39, 0.29) is 28.9 Å². The smallest absolute Gasteiger partial charge is 0.434 e. The Balaban J connectivity index is 2.37. The van der Waals surface area contributed by atoms with Crippen molar-refractivity contribution < 1.29 is 19.1 Å². The molecule has 6 nitrogen and oxygen atoms in total. The second-order valence-corrected chi connectivity index (χ2v) is 5.86. The molecule has 2 rings (SSSR count). The van der Waals surface area contributed by atoms with Crippen LogP contribution in [0, 0.1) is 6.92 Å². The van der Waals surface area contributed by atoms with E-state index in [2.05, 4.69) is 5.10 Å². The predicted octanol–water partition coefficient (Wildman–Crippen LogP) is 4.19. The lowest BCUT2D eigenvalue weighted by molar-refractivity contribution is 0.0944. The van der Waals surface area contributed by atoms with Crippen molar-refractivity contribution in [1.82, 2.24) is 9.78 Å². The van der Waals surface area contributed by atoms with Crippen molar-refractivity contribution in [3.8, 4) is 5.88 Å². The number of ether oxygens (including phenoxy) is 2. The van der Waals surface area contributed by atoms with Gasteiger partial charge in [-0.05, 0) is 31.5 Å². The normalized spacial score (nSPS) is 10.5. The van der Waals surface area contributed by atoms with Crippen LogP contribution in [-0.4, -0.2) is 28.3 Å². The van der Waals surface area contributed by atoms with Crippen LogP contribution < -0.4 is 4.74 Å². The molecule has 1 aromatic carbocycles. The first-order chi connectivity index (χ1) is 11.3. The molecule has 0 saturated carbocycles. The van der Waals surface area contributed by atoms with Crippen molar-refractivity contribution in [2.45, 2.75) is 20.3 Å². The van der Waals surface area contributed by atoms with E-state index in [1.54, 1.807) is 20.0 Å². The molecule has 2 aromatic rings. The Morgan fingerprint density at radius 3 is 2.58 bits per heavy atom. The fourth-order valence-corrected chi connectivity index (χ4v) is 2.39. The summed E-state index contributed by atoms with van der Waals surface area (Å²) >= 11 is 11.8. The molecule has 0 N–H and O–H groups in total. The van der Waals surface area contributed by atoms with Gasteiger partial charge in [0.25, 0.3) is 0 Å². The van der Waals surface area contributed by atoms with E-state index in [4.69, 9.17) is 32.7 Å². The number of aryl methyl sites for hydroxylation is 2. The van der Waals surface area contributed by atoms with Gasteiger partial charge in [0.1, 0.15) is 5.56 Å². The highest BCUT2D eigenvalue weighted by atomic mass is 35.5. The number of hydrogen-bond acceptors (Lipinski definition) is 5. The monoisotopic (exact) mass is 370 g/mol. The first kappa shape index (κ1) is 18.3. The maximum Gasteiger partial charge on any atom is 0.515 e. The van der Waals surface area contributed by atoms with Crippen molar-refractivity contribution in [3.05, 3.63) is 45.1 Å². The number of carbonyl (C=O) groups excluding carboxylic acids is 2. The molecule has 24 heavy (non-hydrogen) atoms. The molecule has 0 bridgehead atoms. The van der Waals surface area contributed by atoms with Gasteiger partial charge in [0.15, 0.2) is 5.78 Å². The molecule has 0 atom stereocenters. The van der Waals surface area contributed by atoms with Crippen LogP contribution in [0.2, 0.25) is 10.0 Å². The zero-order valence-corrected chi connectivity index (χ0v) is 14.9. The quantitative estimate of drug-likeness (QED) is 0.582. The molecule has 0 aliphatic heterocycles. The first-order valence-electron chi connectivity index (χ1n) is 7.23. The Hall–Kier alpha value is -2.05. The molecule has 1 heterocycles. The minimum Gasteiger partial charge on any atom is -0.434 e. The largest absolute Gasteiger partial charge is 0.515 e. The number of rotatable bonds is 5. The van der Waals surface area contributed by atoms with Gasteiger partial charge in [0.05, 0.1) is 22.3 Å². The summed E-state index contributed by atoms with van der Waals surface area (Å²) in [6.07, 6.45) is -0.225. The topological polar surface area (TPSA) is 70.4 Å². The molecule has 0 saturated heterocycles. The highest BCUT2D eigenvalue weighted by molar-refractivity contribution is 6.42. The van der Waals surface area contributed by atoms with Crippen LogP contribution in [0.4, 0.5) is 4.79 Å². The number of ketones is 1. The van der Waals surface area contributed by atoms with Crippen LogP contribution in [-0.2, 0) is 11.8 Å². The van der Waals surface area contributed by atoms with E-state index >= 15 is 0 Å². The third-order valence-corrected chi connectivity index (χ3v) is 3.92. The molecule has 1 aromatic heterocycles. The summed E-state index contributed by atoms with van der Waals surface area (Å²) in [4.78, 5) is 24.5. The first-order valence-corrected chi connectivity index (χ1v) is 7.98. The molecule has 0 fully saturated rings. The Bertz CT molecular complexity index is 787. The van der Waals surface area contributed by atoms with Crippen molar-refractivity contribution in [1.29, 1.82) is 0 Å². The minimum absolute atomic E-state index is 0.0182. The fraction of sp³-hybridized carbons (Fsp3) is 0.312. The standard InChI is InChI=1S/C16H16Cl2N2O4/c1-4-7-23-16(22)24-15-13(9(2)19-20(15)3)14(21)10-5-6-11(17)12(18)8-10/h5-6,8H,4,7H2,1-3H3. The second-order valence-electron chi connectivity index (χ2n) is 5.05. The van der Waals surface area contributed by atoms with Crippen molar-refractivity contribution >= 4 is 35.1 Å². The summed E-state index contributed by atoms with van der Waals surface area (Å²) in [6, 6.07) is 4.53. The summed E-state index contributed by atoms with van der Waals surface area (Å²) in [5.74, 6) is -0.359. The van der Waals surface area contributed by atoms with Gasteiger partial charge in [0.2, 0.25) is 5.88 Å². The van der Waals surface area contributed by atoms with Crippen molar-refractivity contribution in [2.24, 2.45) is 7.05 Å². The van der Waals surface area contributed by atoms with Gasteiger partial charge in [-0.1, -0.05) is 30.1 Å². The van der Waals surface area contributed by atoms with Gasteiger partial charge in [-0.2, -0.15) is 5.10 Å². The molecule has 0 amide bonds. The third-order valence-electron chi connectivity index (χ3n) is 3.18. The molecule has 0 spiro atoms. The molecule has 8 heteroatoms. The van der Waals surface area contributed by atoms with E-state index < -0.39 is 6.16 Å². The molecular weight excluding hydrogens is 355 g/mol. The third kappa shape index (κ3) is 3.88. The summed E-state index contributed by atoms with van der Waals surface area (Å²) in [5, 5.41) is 4.74. The van der Waals surface area contributed by atoms with Crippen LogP contribution in [0.15, 0.2) is 18.2 Å². The predicted molar refractivity (Wildman–Crippen MR) is 90.1 cm³/mol. The minimum atomic E-state index is -0.886. The number of carbonyl (C=O) groups is 2. The maximum absolute atomic E-state index is 12.8. The highest BCUT2D eigenvalue weighted by Crippen LogP contribution is 2.28. The van der Waals surface area contributed by atoms with Gasteiger partial charge in [-0.3, -0.25) is 4.79 Å². The van der Waals surface area contributed by atoms with Gasteiger partial charge in [0, 0.05) is 12.6 Å². The Morgan fingerprint density at radius 2 is 1.96 bits per heavy atom. The number of nitrogens with zero attached hydrogens (tertiary/aromatic N) is 2. The molecule has 0 unspecified atom stereocenters. The zero-order chi connectivity index (χ0) is 17.9. The van der Waals surface area contributed by atoms with Crippen LogP contribution >= 0.6 is 23.2 Å². The Kier molecular flexibility index (Phi) is 5.85. The van der Waals surface area contributed by atoms with Crippen LogP contribution in [0.5, 0.6) is 5.88 Å². The number of hydrogen-bond donors (Lipinski definition) is 0. The summed E-state index contributed by atoms with van der Waals surface area (Å²) in [7, 11) is 1.57. The van der Waals surface area contributed by atoms with E-state index in [0.717, 1.165) is 0 Å². The van der Waals surface area contributed by atoms with E-state index in [0.29, 0.717) is 22.7 Å². The van der Waals surface area contributed by atoms with Gasteiger partial charge < -0.3 is 9.47 Å². The van der Waals surface area contributed by atoms with Crippen LogP contribution in [0.3, 0.4) is 0 Å². The lowest BCUT2D eigenvalue weighted by atomic mass is 10.0. The van der Waals surface area contributed by atoms with E-state index in [1.165, 1.54) is 16.8 Å². The average Bonchev–Trinajstić information content (AvgIpc) is 2.81. The van der Waals surface area contributed by atoms with Crippen LogP contribution in [0.1, 0.15) is 35.0 Å². The molecule has 0 aliphatic rings. The highest BCUT2D eigenvalue weighted by Gasteiger charge is 2.25. The van der Waals surface area contributed by atoms with E-state index in [9.17, 15) is 9.59 Å². The van der Waals surface area contributed by atoms with Gasteiger partial charge >= 0.3 is 6.16 Å². The average molecular weight is 371 g/mol. The number of aromatic nitrogens is 2. The van der Waals surface area contributed by atoms with E-state index in [1.807, 2.05) is 6.92 Å². The van der Waals surface area contributed by atoms with Gasteiger partial charge in [-0.25, -0.2) is 9.48 Å². The summed E-state index contributed by atoms with van der Waals surface area (Å²) in [5.41, 5.74) is 0.906. The number of halogens is 2. The van der Waals surface area contributed by atoms with Crippen molar-refractivity contribution in [2.75, 3.05) is 6.61 Å². The lowest BCUT2D eigenvalue weighted by Crippen LogP contribution is -2.15. The van der Waals surface area contributed by atoms with Crippen LogP contribution in [0.25, 0.3) is 0 Å². The Labute approximate surface area is 149 Å². The fourth-order valence-electron chi connectivity index (χ4n) is 2.09. The van der Waals surface area contributed by atoms with Gasteiger partial charge in [-0.15, -0.1) is 0 Å². The molecule has 0 radical (unpaired) electrons. The summed E-state index contributed by atoms with van der Waals surface area (Å²) in [6.45, 7) is 3.74. The van der Waals surface area contributed by atoms with Crippen molar-refractivity contribution in [3.63, 3.8) is 0 Å². The Morgan fingerprint density at radius 1 is 1.25 bits per heavy atom. The summed E-state index contributed by atoms with van der Waals surface area (Å²) < 4.78 is 11.4. The second kappa shape index (κ2) is 7.68. The number of benzene rings is 1. The maximum atomic E-state index is 12.8. The lowest BCUT2D eigenvalue weighted by Gasteiger charge is -2.08. The molecule has 0 aliphatic carbocycles. The SMILES string of the molecule is CCCOC(=O)Oc1c(C(=O)c2ccc(Cl)c(Cl)c2)c(C)nn1C. The zero-order valence-electron chi connectivity index (χ0n) is 13.4.